The molecule has 112 valence electrons. The molecule has 22 heavy (non-hydrogen) atoms. The molecule has 1 unspecified atom stereocenters. The van der Waals surface area contributed by atoms with Crippen LogP contribution < -0.4 is 5.43 Å². The Bertz CT molecular complexity index is 737. The third kappa shape index (κ3) is 3.08. The first kappa shape index (κ1) is 14.9. The van der Waals surface area contributed by atoms with Gasteiger partial charge < -0.3 is 0 Å². The minimum Gasteiger partial charge on any atom is -0.291 e. The maximum absolute atomic E-state index is 11.2. The summed E-state index contributed by atoms with van der Waals surface area (Å²) in [5, 5.41) is 16.4. The van der Waals surface area contributed by atoms with E-state index in [0.29, 0.717) is 17.0 Å². The van der Waals surface area contributed by atoms with Gasteiger partial charge in [0.1, 0.15) is 5.37 Å². The molecule has 0 aliphatic carbocycles. The highest BCUT2D eigenvalue weighted by molar-refractivity contribution is 8.14. The van der Waals surface area contributed by atoms with E-state index < -0.39 is 4.92 Å². The van der Waals surface area contributed by atoms with Crippen molar-refractivity contribution in [3.05, 3.63) is 74.8 Å². The zero-order chi connectivity index (χ0) is 15.5. The van der Waals surface area contributed by atoms with Crippen LogP contribution in [0, 0.1) is 10.1 Å². The van der Waals surface area contributed by atoms with Crippen LogP contribution in [0.15, 0.2) is 53.6 Å². The standard InChI is InChI=1S/C15H12ClN3O2S/c16-11-7-4-8-12(19(20)21)14(11)15-18-17-13(22-15)9-10-5-2-1-3-6-10/h1-8,15,18H,9H2. The van der Waals surface area contributed by atoms with Crippen LogP contribution in [0.5, 0.6) is 0 Å². The van der Waals surface area contributed by atoms with Crippen LogP contribution in [-0.4, -0.2) is 9.97 Å². The number of nitrogens with zero attached hydrogens (tertiary/aromatic N) is 2. The zero-order valence-corrected chi connectivity index (χ0v) is 13.0. The summed E-state index contributed by atoms with van der Waals surface area (Å²) in [6.07, 6.45) is 0.688. The van der Waals surface area contributed by atoms with Gasteiger partial charge in [-0.05, 0) is 11.6 Å². The number of nitro benzene ring substituents is 1. The predicted octanol–water partition coefficient (Wildman–Crippen LogP) is 4.14. The third-order valence-electron chi connectivity index (χ3n) is 3.25. The van der Waals surface area contributed by atoms with Crippen LogP contribution in [0.1, 0.15) is 16.5 Å². The smallest absolute Gasteiger partial charge is 0.277 e. The van der Waals surface area contributed by atoms with Gasteiger partial charge in [0.25, 0.3) is 5.69 Å². The van der Waals surface area contributed by atoms with Gasteiger partial charge in [-0.25, -0.2) is 0 Å². The molecule has 7 heteroatoms. The quantitative estimate of drug-likeness (QED) is 0.674. The highest BCUT2D eigenvalue weighted by atomic mass is 35.5. The van der Waals surface area contributed by atoms with Gasteiger partial charge >= 0.3 is 0 Å². The van der Waals surface area contributed by atoms with E-state index in [1.807, 2.05) is 30.3 Å². The second-order valence-corrected chi connectivity index (χ2v) is 6.31. The first-order chi connectivity index (χ1) is 10.6. The van der Waals surface area contributed by atoms with Crippen LogP contribution >= 0.6 is 23.4 Å². The Morgan fingerprint density at radius 1 is 1.23 bits per heavy atom. The number of nitro groups is 1. The first-order valence-corrected chi connectivity index (χ1v) is 7.86. The van der Waals surface area contributed by atoms with Crippen LogP contribution in [0.2, 0.25) is 5.02 Å². The van der Waals surface area contributed by atoms with Crippen molar-refractivity contribution in [3.63, 3.8) is 0 Å². The Morgan fingerprint density at radius 2 is 2.00 bits per heavy atom. The lowest BCUT2D eigenvalue weighted by Crippen LogP contribution is -2.10. The van der Waals surface area contributed by atoms with E-state index in [0.717, 1.165) is 10.6 Å². The summed E-state index contributed by atoms with van der Waals surface area (Å²) >= 11 is 7.61. The molecule has 0 spiro atoms. The summed E-state index contributed by atoms with van der Waals surface area (Å²) in [7, 11) is 0. The number of nitrogens with one attached hydrogen (secondary N) is 1. The van der Waals surface area contributed by atoms with Crippen LogP contribution in [0.25, 0.3) is 0 Å². The largest absolute Gasteiger partial charge is 0.291 e. The fraction of sp³-hybridized carbons (Fsp3) is 0.133. The lowest BCUT2D eigenvalue weighted by Gasteiger charge is -2.11. The van der Waals surface area contributed by atoms with Crippen molar-refractivity contribution in [2.45, 2.75) is 11.8 Å². The first-order valence-electron chi connectivity index (χ1n) is 6.60. The summed E-state index contributed by atoms with van der Waals surface area (Å²) in [6, 6.07) is 14.6. The molecule has 0 fully saturated rings. The second-order valence-electron chi connectivity index (χ2n) is 4.72. The molecule has 0 radical (unpaired) electrons. The van der Waals surface area contributed by atoms with E-state index in [1.165, 1.54) is 17.8 Å². The average Bonchev–Trinajstić information content (AvgIpc) is 2.96. The van der Waals surface area contributed by atoms with Crippen LogP contribution in [0.4, 0.5) is 5.69 Å². The van der Waals surface area contributed by atoms with Gasteiger partial charge in [0.15, 0.2) is 0 Å². The Hall–Kier alpha value is -2.05. The number of benzene rings is 2. The minimum absolute atomic E-state index is 0.00802. The van der Waals surface area contributed by atoms with Crippen LogP contribution in [0.3, 0.4) is 0 Å². The van der Waals surface area contributed by atoms with Gasteiger partial charge in [0.2, 0.25) is 0 Å². The molecular formula is C15H12ClN3O2S. The lowest BCUT2D eigenvalue weighted by molar-refractivity contribution is -0.385. The molecule has 1 atom stereocenters. The number of thioether (sulfide) groups is 1. The van der Waals surface area contributed by atoms with E-state index in [2.05, 4.69) is 10.5 Å². The van der Waals surface area contributed by atoms with Crippen molar-refractivity contribution < 1.29 is 4.92 Å². The molecule has 0 saturated carbocycles. The number of hydrogen-bond donors (Lipinski definition) is 1. The monoisotopic (exact) mass is 333 g/mol. The number of hydrogen-bond acceptors (Lipinski definition) is 5. The van der Waals surface area contributed by atoms with E-state index in [9.17, 15) is 10.1 Å². The molecule has 0 saturated heterocycles. The maximum Gasteiger partial charge on any atom is 0.277 e. The number of halogens is 1. The minimum atomic E-state index is -0.418. The van der Waals surface area contributed by atoms with Gasteiger partial charge in [-0.1, -0.05) is 59.8 Å². The topological polar surface area (TPSA) is 67.5 Å². The van der Waals surface area contributed by atoms with Crippen molar-refractivity contribution in [2.24, 2.45) is 5.10 Å². The summed E-state index contributed by atoms with van der Waals surface area (Å²) in [6.45, 7) is 0. The van der Waals surface area contributed by atoms with Crippen molar-refractivity contribution in [3.8, 4) is 0 Å². The average molecular weight is 334 g/mol. The molecule has 2 aromatic rings. The summed E-state index contributed by atoms with van der Waals surface area (Å²) in [5.74, 6) is 0. The summed E-state index contributed by atoms with van der Waals surface area (Å²) < 4.78 is 0. The summed E-state index contributed by atoms with van der Waals surface area (Å²) in [5.41, 5.74) is 4.56. The Labute approximate surface area is 136 Å². The van der Waals surface area contributed by atoms with Gasteiger partial charge in [-0.3, -0.25) is 15.5 Å². The normalized spacial score (nSPS) is 17.0. The molecule has 2 aromatic carbocycles. The summed E-state index contributed by atoms with van der Waals surface area (Å²) in [4.78, 5) is 10.8. The second kappa shape index (κ2) is 6.37. The van der Waals surface area contributed by atoms with E-state index in [4.69, 9.17) is 11.6 Å². The molecule has 1 aliphatic rings. The Balaban J connectivity index is 1.79. The van der Waals surface area contributed by atoms with Crippen molar-refractivity contribution in [1.82, 2.24) is 5.43 Å². The fourth-order valence-corrected chi connectivity index (χ4v) is 3.68. The highest BCUT2D eigenvalue weighted by Crippen LogP contribution is 2.41. The van der Waals surface area contributed by atoms with E-state index in [1.54, 1.807) is 12.1 Å². The highest BCUT2D eigenvalue weighted by Gasteiger charge is 2.29. The van der Waals surface area contributed by atoms with Gasteiger partial charge in [-0.15, -0.1) is 0 Å². The number of rotatable bonds is 4. The van der Waals surface area contributed by atoms with Crippen LogP contribution in [-0.2, 0) is 6.42 Å². The molecule has 1 N–H and O–H groups in total. The number of hydrazone groups is 1. The molecule has 0 aromatic heterocycles. The van der Waals surface area contributed by atoms with Crippen molar-refractivity contribution >= 4 is 34.1 Å². The SMILES string of the molecule is O=[N+]([O-])c1cccc(Cl)c1C1NN=C(Cc2ccccc2)S1. The van der Waals surface area contributed by atoms with Gasteiger partial charge in [0, 0.05) is 12.5 Å². The Kier molecular flexibility index (Phi) is 4.31. The maximum atomic E-state index is 11.2. The molecule has 0 amide bonds. The fourth-order valence-electron chi connectivity index (χ4n) is 2.24. The van der Waals surface area contributed by atoms with Crippen molar-refractivity contribution in [1.29, 1.82) is 0 Å². The van der Waals surface area contributed by atoms with Crippen molar-refractivity contribution in [2.75, 3.05) is 0 Å². The zero-order valence-electron chi connectivity index (χ0n) is 11.4. The van der Waals surface area contributed by atoms with E-state index in [-0.39, 0.29) is 11.1 Å². The van der Waals surface area contributed by atoms with Gasteiger partial charge in [-0.2, -0.15) is 5.10 Å². The molecule has 1 heterocycles. The molecule has 5 nitrogen and oxygen atoms in total. The third-order valence-corrected chi connectivity index (χ3v) is 4.66. The Morgan fingerprint density at radius 3 is 2.73 bits per heavy atom. The molecule has 1 aliphatic heterocycles. The van der Waals surface area contributed by atoms with Gasteiger partial charge in [0.05, 0.1) is 20.6 Å². The van der Waals surface area contributed by atoms with E-state index >= 15 is 0 Å². The molecular weight excluding hydrogens is 322 g/mol. The predicted molar refractivity (Wildman–Crippen MR) is 89.2 cm³/mol. The molecule has 0 bridgehead atoms. The lowest BCUT2D eigenvalue weighted by atomic mass is 10.2. The molecule has 3 rings (SSSR count).